The first-order valence-corrected chi connectivity index (χ1v) is 5.38. The van der Waals surface area contributed by atoms with E-state index in [4.69, 9.17) is 0 Å². The minimum absolute atomic E-state index is 0. The molecule has 0 aromatic rings. The molecule has 1 fully saturated rings. The van der Waals surface area contributed by atoms with Crippen LogP contribution in [0.1, 0.15) is 27.1 Å². The Morgan fingerprint density at radius 2 is 2.19 bits per heavy atom. The molecule has 3 aliphatic rings. The van der Waals surface area contributed by atoms with E-state index in [1.54, 1.807) is 5.57 Å². The molecule has 0 heterocycles. The van der Waals surface area contributed by atoms with Crippen LogP contribution in [0, 0.1) is 18.4 Å². The third-order valence-corrected chi connectivity index (χ3v) is 2.80. The second-order valence-corrected chi connectivity index (χ2v) is 3.81. The molecule has 1 saturated carbocycles. The van der Waals surface area contributed by atoms with Gasteiger partial charge in [-0.1, -0.05) is 6.42 Å². The van der Waals surface area contributed by atoms with Gasteiger partial charge in [0.25, 0.3) is 0 Å². The van der Waals surface area contributed by atoms with Crippen molar-refractivity contribution in [2.75, 3.05) is 0 Å². The summed E-state index contributed by atoms with van der Waals surface area (Å²) in [5.41, 5.74) is 1.58. The molecule has 0 aromatic carbocycles. The minimum atomic E-state index is 0. The quantitative estimate of drug-likeness (QED) is 0.583. The van der Waals surface area contributed by atoms with Gasteiger partial charge in [-0.05, 0) is 12.3 Å². The van der Waals surface area contributed by atoms with Crippen LogP contribution in [0.2, 0.25) is 0 Å². The van der Waals surface area contributed by atoms with Gasteiger partial charge in [-0.15, -0.1) is 25.0 Å². The van der Waals surface area contributed by atoms with Crippen molar-refractivity contribution < 1.29 is 40.0 Å². The van der Waals surface area contributed by atoms with Crippen molar-refractivity contribution in [2.24, 2.45) is 5.92 Å². The molecule has 16 heavy (non-hydrogen) atoms. The Balaban J connectivity index is 0. The molecule has 0 spiro atoms. The summed E-state index contributed by atoms with van der Waals surface area (Å²) in [4.78, 5) is 0. The number of hydrogen-bond acceptors (Lipinski definition) is 0. The molecule has 3 aliphatic carbocycles. The van der Waals surface area contributed by atoms with Gasteiger partial charge >= 0.3 is 26.2 Å². The van der Waals surface area contributed by atoms with Crippen LogP contribution in [0.5, 0.6) is 0 Å². The first-order chi connectivity index (χ1) is 6.97. The van der Waals surface area contributed by atoms with Crippen LogP contribution in [0.25, 0.3) is 0 Å². The zero-order chi connectivity index (χ0) is 9.64. The molecule has 0 aliphatic heterocycles. The summed E-state index contributed by atoms with van der Waals surface area (Å²) in [6, 6.07) is 0. The van der Waals surface area contributed by atoms with Crippen LogP contribution >= 0.6 is 0 Å². The van der Waals surface area contributed by atoms with Gasteiger partial charge in [0.05, 0.1) is 0 Å². The predicted octanol–water partition coefficient (Wildman–Crippen LogP) is 0.907. The zero-order valence-electron chi connectivity index (χ0n) is 10.3. The smallest absolute Gasteiger partial charge is 1.00 e. The molecule has 0 saturated heterocycles. The van der Waals surface area contributed by atoms with Gasteiger partial charge in [0, 0.05) is 0 Å². The molecule has 0 N–H and O–H groups in total. The maximum absolute atomic E-state index is 2.99. The predicted molar refractivity (Wildman–Crippen MR) is 61.5 cm³/mol. The Morgan fingerprint density at radius 1 is 1.31 bits per heavy atom. The third kappa shape index (κ3) is 4.89. The Labute approximate surface area is 126 Å². The average molecular weight is 312 g/mol. The molecule has 0 amide bonds. The number of fused-ring (bicyclic) bond motifs is 1. The van der Waals surface area contributed by atoms with Gasteiger partial charge < -0.3 is 13.8 Å². The van der Waals surface area contributed by atoms with Gasteiger partial charge in [-0.2, -0.15) is 6.08 Å². The fourth-order valence-corrected chi connectivity index (χ4v) is 2.00. The Kier molecular flexibility index (Phi) is 9.08. The standard InChI is InChI=1S/C9H11.C5H5.ClH.Zr.H/c1-2-5-9-7-3-6-8(9)4-1;1-2-4-5-3-1;;;/h1-2,4,6,9H,3,5,7H2;1-3H,4H2;1H;;/q2*-1;;+4;-1/p-1. The summed E-state index contributed by atoms with van der Waals surface area (Å²) in [6.07, 6.45) is 23.0. The molecule has 1 unspecified atom stereocenters. The summed E-state index contributed by atoms with van der Waals surface area (Å²) in [7, 11) is 0. The molecule has 0 bridgehead atoms. The van der Waals surface area contributed by atoms with Crippen molar-refractivity contribution in [1.29, 1.82) is 0 Å². The fourth-order valence-electron chi connectivity index (χ4n) is 2.00. The van der Waals surface area contributed by atoms with E-state index in [0.29, 0.717) is 0 Å². The monoisotopic (exact) mass is 310 g/mol. The maximum atomic E-state index is 2.99. The fraction of sp³-hybridized carbons (Fsp3) is 0.357. The van der Waals surface area contributed by atoms with Crippen molar-refractivity contribution >= 4 is 0 Å². The molecule has 0 nitrogen and oxygen atoms in total. The summed E-state index contributed by atoms with van der Waals surface area (Å²) in [6.45, 7) is 0. The maximum Gasteiger partial charge on any atom is 4.00 e. The van der Waals surface area contributed by atoms with Crippen molar-refractivity contribution in [3.8, 4) is 0 Å². The zero-order valence-corrected chi connectivity index (χ0v) is 12.5. The van der Waals surface area contributed by atoms with Crippen LogP contribution < -0.4 is 12.4 Å². The average Bonchev–Trinajstić information content (AvgIpc) is 2.92. The van der Waals surface area contributed by atoms with E-state index in [1.165, 1.54) is 19.3 Å². The van der Waals surface area contributed by atoms with E-state index in [1.807, 2.05) is 12.2 Å². The first kappa shape index (κ1) is 16.0. The Morgan fingerprint density at radius 3 is 2.75 bits per heavy atom. The van der Waals surface area contributed by atoms with Crippen molar-refractivity contribution in [2.45, 2.75) is 25.7 Å². The largest absolute Gasteiger partial charge is 4.00 e. The van der Waals surface area contributed by atoms with Crippen molar-refractivity contribution in [1.82, 2.24) is 0 Å². The van der Waals surface area contributed by atoms with Crippen LogP contribution in [-0.4, -0.2) is 0 Å². The molecule has 2 heteroatoms. The SMILES string of the molecule is C1=CCC2CC[CH-]C2=C1.[C-]1=CC=CC1.[Cl-].[H-].[Zr+4]. The molecule has 1 atom stereocenters. The first-order valence-electron chi connectivity index (χ1n) is 5.38. The number of allylic oxidation sites excluding steroid dienone is 8. The Bertz CT molecular complexity index is 295. The van der Waals surface area contributed by atoms with Gasteiger partial charge in [-0.3, -0.25) is 6.08 Å². The van der Waals surface area contributed by atoms with Crippen LogP contribution in [0.4, 0.5) is 0 Å². The van der Waals surface area contributed by atoms with E-state index >= 15 is 0 Å². The normalized spacial score (nSPS) is 23.0. The minimum Gasteiger partial charge on any atom is -1.00 e. The molecular formula is C14H17ClZr. The molecular weight excluding hydrogens is 295 g/mol. The van der Waals surface area contributed by atoms with Gasteiger partial charge in [0.2, 0.25) is 0 Å². The molecule has 0 aromatic heterocycles. The summed E-state index contributed by atoms with van der Waals surface area (Å²) >= 11 is 0. The van der Waals surface area contributed by atoms with Crippen LogP contribution in [0.3, 0.4) is 0 Å². The van der Waals surface area contributed by atoms with E-state index in [9.17, 15) is 0 Å². The van der Waals surface area contributed by atoms with Crippen molar-refractivity contribution in [3.63, 3.8) is 0 Å². The van der Waals surface area contributed by atoms with E-state index in [0.717, 1.165) is 12.3 Å². The van der Waals surface area contributed by atoms with E-state index in [-0.39, 0.29) is 40.0 Å². The van der Waals surface area contributed by atoms with Crippen LogP contribution in [-0.2, 0) is 26.2 Å². The van der Waals surface area contributed by atoms with Crippen LogP contribution in [0.15, 0.2) is 42.0 Å². The summed E-state index contributed by atoms with van der Waals surface area (Å²) < 4.78 is 0. The number of hydrogen-bond donors (Lipinski definition) is 0. The van der Waals surface area contributed by atoms with E-state index < -0.39 is 0 Å². The topological polar surface area (TPSA) is 0 Å². The second kappa shape index (κ2) is 9.08. The summed E-state index contributed by atoms with van der Waals surface area (Å²) in [5.74, 6) is 0.884. The third-order valence-electron chi connectivity index (χ3n) is 2.80. The molecule has 0 radical (unpaired) electrons. The number of halogens is 1. The molecule has 84 valence electrons. The molecule has 3 rings (SSSR count). The Hall–Kier alpha value is 0.00312. The van der Waals surface area contributed by atoms with Gasteiger partial charge in [-0.25, -0.2) is 30.2 Å². The van der Waals surface area contributed by atoms with E-state index in [2.05, 4.69) is 36.8 Å². The van der Waals surface area contributed by atoms with Crippen molar-refractivity contribution in [3.05, 3.63) is 54.5 Å². The second-order valence-electron chi connectivity index (χ2n) is 3.81. The van der Waals surface area contributed by atoms with Gasteiger partial charge in [0.15, 0.2) is 0 Å². The summed E-state index contributed by atoms with van der Waals surface area (Å²) in [5, 5.41) is 0. The van der Waals surface area contributed by atoms with Gasteiger partial charge in [0.1, 0.15) is 0 Å². The number of rotatable bonds is 0.